The molecule has 2 fully saturated rings. The van der Waals surface area contributed by atoms with Crippen molar-refractivity contribution in [3.05, 3.63) is 53.0 Å². The highest BCUT2D eigenvalue weighted by Gasteiger charge is 2.46. The van der Waals surface area contributed by atoms with Gasteiger partial charge in [-0.05, 0) is 76.6 Å². The van der Waals surface area contributed by atoms with Gasteiger partial charge in [-0.15, -0.1) is 0 Å². The number of aryl methyl sites for hydroxylation is 2. The molecule has 8 nitrogen and oxygen atoms in total. The van der Waals surface area contributed by atoms with E-state index in [9.17, 15) is 9.59 Å². The number of carbonyl (C=O) groups excluding carboxylic acids is 2. The third kappa shape index (κ3) is 6.43. The summed E-state index contributed by atoms with van der Waals surface area (Å²) >= 11 is 0. The molecule has 2 aromatic rings. The van der Waals surface area contributed by atoms with Gasteiger partial charge in [0.25, 0.3) is 0 Å². The van der Waals surface area contributed by atoms with Crippen LogP contribution in [0.1, 0.15) is 62.9 Å². The molecule has 0 N–H and O–H groups in total. The van der Waals surface area contributed by atoms with Crippen molar-refractivity contribution in [3.63, 3.8) is 0 Å². The second-order valence-electron chi connectivity index (χ2n) is 11.7. The number of nitrogens with zero attached hydrogens (tertiary/aromatic N) is 4. The minimum Gasteiger partial charge on any atom is -0.490 e. The quantitative estimate of drug-likeness (QED) is 0.400. The zero-order valence-electron chi connectivity index (χ0n) is 23.0. The van der Waals surface area contributed by atoms with Crippen LogP contribution in [-0.4, -0.2) is 77.0 Å². The van der Waals surface area contributed by atoms with Gasteiger partial charge < -0.3 is 19.3 Å². The standard InChI is InChI=1S/C29H40N4O4/c1-21-14-22(2)33(30-21)25-9-7-8-23(15-25)24(16-26(18-34)36-6)17-31-19-29(20-31)10-12-32(13-11-29)27(35)37-28(3,4)5/h7-9,14-15,24H,10-13,16-17,19-20H2,1-6H3/t24-/m1/s1. The largest absolute Gasteiger partial charge is 0.490 e. The molecule has 2 aliphatic rings. The summed E-state index contributed by atoms with van der Waals surface area (Å²) in [6, 6.07) is 10.5. The van der Waals surface area contributed by atoms with Crippen LogP contribution in [0.4, 0.5) is 4.79 Å². The van der Waals surface area contributed by atoms with Gasteiger partial charge in [0.05, 0.1) is 18.5 Å². The molecule has 3 heterocycles. The third-order valence-corrected chi connectivity index (χ3v) is 7.46. The Morgan fingerprint density at radius 1 is 1.16 bits per heavy atom. The molecule has 1 atom stereocenters. The number of benzene rings is 1. The highest BCUT2D eigenvalue weighted by Crippen LogP contribution is 2.42. The Bertz CT molecular complexity index is 1160. The van der Waals surface area contributed by atoms with Crippen LogP contribution in [0.15, 0.2) is 36.1 Å². The molecule has 1 amide bonds. The molecule has 200 valence electrons. The zero-order valence-corrected chi connectivity index (χ0v) is 23.0. The van der Waals surface area contributed by atoms with E-state index in [1.165, 1.54) is 7.11 Å². The molecule has 0 aliphatic carbocycles. The average molecular weight is 509 g/mol. The fourth-order valence-corrected chi connectivity index (χ4v) is 5.63. The lowest BCUT2D eigenvalue weighted by molar-refractivity contribution is -0.0536. The van der Waals surface area contributed by atoms with Crippen LogP contribution in [0.3, 0.4) is 0 Å². The van der Waals surface area contributed by atoms with E-state index in [0.717, 1.165) is 68.2 Å². The van der Waals surface area contributed by atoms with Gasteiger partial charge in [-0.3, -0.25) is 0 Å². The maximum Gasteiger partial charge on any atom is 0.410 e. The molecule has 1 aromatic heterocycles. The molecular formula is C29H40N4O4. The number of hydrogen-bond acceptors (Lipinski definition) is 6. The number of aromatic nitrogens is 2. The smallest absolute Gasteiger partial charge is 0.410 e. The van der Waals surface area contributed by atoms with E-state index >= 15 is 0 Å². The molecule has 0 bridgehead atoms. The van der Waals surface area contributed by atoms with Crippen molar-refractivity contribution in [1.82, 2.24) is 19.6 Å². The number of carbonyl (C=O) groups is 1. The minimum absolute atomic E-state index is 0.0903. The Morgan fingerprint density at radius 3 is 2.43 bits per heavy atom. The maximum atomic E-state index is 12.5. The van der Waals surface area contributed by atoms with E-state index in [-0.39, 0.29) is 17.4 Å². The third-order valence-electron chi connectivity index (χ3n) is 7.46. The van der Waals surface area contributed by atoms with Crippen molar-refractivity contribution in [1.29, 1.82) is 0 Å². The summed E-state index contributed by atoms with van der Waals surface area (Å²) in [6.45, 7) is 14.0. The van der Waals surface area contributed by atoms with E-state index < -0.39 is 5.60 Å². The lowest BCUT2D eigenvalue weighted by atomic mass is 9.71. The summed E-state index contributed by atoms with van der Waals surface area (Å²) in [5.41, 5.74) is 4.00. The Hall–Kier alpha value is -3.09. The average Bonchev–Trinajstić information content (AvgIpc) is 3.17. The highest BCUT2D eigenvalue weighted by molar-refractivity contribution is 5.68. The summed E-state index contributed by atoms with van der Waals surface area (Å²) in [5.74, 6) is 2.39. The summed E-state index contributed by atoms with van der Waals surface area (Å²) in [4.78, 5) is 28.2. The summed E-state index contributed by atoms with van der Waals surface area (Å²) < 4.78 is 12.8. The molecule has 0 unspecified atom stereocenters. The van der Waals surface area contributed by atoms with Crippen LogP contribution in [0.2, 0.25) is 0 Å². The van der Waals surface area contributed by atoms with Gasteiger partial charge in [0.2, 0.25) is 0 Å². The Labute approximate surface area is 220 Å². The van der Waals surface area contributed by atoms with Crippen molar-refractivity contribution >= 4 is 12.0 Å². The summed E-state index contributed by atoms with van der Waals surface area (Å²) in [6.07, 6.45) is 2.25. The fourth-order valence-electron chi connectivity index (χ4n) is 5.63. The number of ether oxygens (including phenoxy) is 2. The van der Waals surface area contributed by atoms with E-state index in [0.29, 0.717) is 12.2 Å². The fraction of sp³-hybridized carbons (Fsp3) is 0.586. The van der Waals surface area contributed by atoms with Crippen LogP contribution in [0.25, 0.3) is 5.69 Å². The van der Waals surface area contributed by atoms with Crippen LogP contribution >= 0.6 is 0 Å². The molecule has 1 aromatic carbocycles. The topological polar surface area (TPSA) is 76.9 Å². The van der Waals surface area contributed by atoms with Crippen molar-refractivity contribution in [3.8, 4) is 5.69 Å². The number of allylic oxidation sites excluding steroid dienone is 1. The second-order valence-corrected chi connectivity index (χ2v) is 11.7. The normalized spacial score (nSPS) is 18.2. The van der Waals surface area contributed by atoms with Gasteiger partial charge in [0.15, 0.2) is 11.7 Å². The van der Waals surface area contributed by atoms with Crippen LogP contribution in [0.5, 0.6) is 0 Å². The SMILES string of the molecule is COC(=C=O)C[C@H](CN1CC2(CCN(C(=O)OC(C)(C)C)CC2)C1)c1cccc(-n2nc(C)cc2C)c1. The van der Waals surface area contributed by atoms with Gasteiger partial charge in [-0.2, -0.15) is 5.10 Å². The predicted octanol–water partition coefficient (Wildman–Crippen LogP) is 4.66. The molecule has 37 heavy (non-hydrogen) atoms. The first kappa shape index (κ1) is 27.0. The second kappa shape index (κ2) is 10.7. The van der Waals surface area contributed by atoms with Crippen molar-refractivity contribution in [2.45, 2.75) is 65.4 Å². The zero-order chi connectivity index (χ0) is 26.8. The lowest BCUT2D eigenvalue weighted by Gasteiger charge is -2.54. The summed E-state index contributed by atoms with van der Waals surface area (Å²) in [5, 5.41) is 4.63. The minimum atomic E-state index is -0.474. The molecule has 1 spiro atoms. The van der Waals surface area contributed by atoms with E-state index in [1.807, 2.05) is 43.2 Å². The van der Waals surface area contributed by atoms with Crippen molar-refractivity contribution < 1.29 is 19.1 Å². The van der Waals surface area contributed by atoms with Crippen molar-refractivity contribution in [2.24, 2.45) is 5.41 Å². The molecule has 4 rings (SSSR count). The molecule has 0 radical (unpaired) electrons. The number of hydrogen-bond donors (Lipinski definition) is 0. The molecule has 2 aliphatic heterocycles. The van der Waals surface area contributed by atoms with Gasteiger partial charge in [-0.1, -0.05) is 12.1 Å². The monoisotopic (exact) mass is 508 g/mol. The van der Waals surface area contributed by atoms with Crippen LogP contribution < -0.4 is 0 Å². The van der Waals surface area contributed by atoms with Crippen LogP contribution in [-0.2, 0) is 14.3 Å². The van der Waals surface area contributed by atoms with Crippen LogP contribution in [0, 0.1) is 19.3 Å². The number of likely N-dealkylation sites (tertiary alicyclic amines) is 2. The number of rotatable bonds is 7. The van der Waals surface area contributed by atoms with Gasteiger partial charge >= 0.3 is 6.09 Å². The van der Waals surface area contributed by atoms with Gasteiger partial charge in [0.1, 0.15) is 5.60 Å². The first-order chi connectivity index (χ1) is 17.5. The number of piperidine rings is 1. The number of amides is 1. The van der Waals surface area contributed by atoms with Crippen molar-refractivity contribution in [2.75, 3.05) is 39.8 Å². The highest BCUT2D eigenvalue weighted by atomic mass is 16.6. The predicted molar refractivity (Wildman–Crippen MR) is 143 cm³/mol. The van der Waals surface area contributed by atoms with E-state index in [1.54, 1.807) is 0 Å². The molecule has 0 saturated carbocycles. The Morgan fingerprint density at radius 2 is 1.86 bits per heavy atom. The molecular weight excluding hydrogens is 468 g/mol. The molecule has 2 saturated heterocycles. The lowest BCUT2D eigenvalue weighted by Crippen LogP contribution is -2.61. The Kier molecular flexibility index (Phi) is 7.81. The first-order valence-electron chi connectivity index (χ1n) is 13.1. The van der Waals surface area contributed by atoms with Gasteiger partial charge in [0, 0.05) is 50.8 Å². The van der Waals surface area contributed by atoms with Gasteiger partial charge in [-0.25, -0.2) is 14.3 Å². The maximum absolute atomic E-state index is 12.5. The number of methoxy groups -OCH3 is 1. The van der Waals surface area contributed by atoms with E-state index in [2.05, 4.69) is 47.3 Å². The van der Waals surface area contributed by atoms with E-state index in [4.69, 9.17) is 9.47 Å². The molecule has 8 heteroatoms. The summed E-state index contributed by atoms with van der Waals surface area (Å²) in [7, 11) is 1.53. The first-order valence-corrected chi connectivity index (χ1v) is 13.1. The Balaban J connectivity index is 1.42.